The minimum atomic E-state index is -1.62. The Hall–Kier alpha value is -1.63. The lowest BCUT2D eigenvalue weighted by Gasteiger charge is -2.23. The van der Waals surface area contributed by atoms with Gasteiger partial charge in [0.25, 0.3) is 0 Å². The van der Waals surface area contributed by atoms with Crippen molar-refractivity contribution in [3.05, 3.63) is 0 Å². The Balaban J connectivity index is 0. The second kappa shape index (κ2) is 12.0. The van der Waals surface area contributed by atoms with Gasteiger partial charge in [0.2, 0.25) is 0 Å². The highest BCUT2D eigenvalue weighted by Gasteiger charge is 2.28. The molecule has 0 spiro atoms. The number of aliphatic hydroxyl groups is 4. The van der Waals surface area contributed by atoms with Crippen molar-refractivity contribution in [3.63, 3.8) is 0 Å². The maximum Gasteiger partial charge on any atom is 0.320 e. The predicted octanol–water partition coefficient (Wildman–Crippen LogP) is -4.15. The molecule has 0 saturated carbocycles. The number of carboxylic acid groups (broad SMARTS) is 2. The first kappa shape index (κ1) is 22.6. The number of hydrogen-bond acceptors (Lipinski definition) is 9. The van der Waals surface area contributed by atoms with E-state index in [0.717, 1.165) is 0 Å². The molecule has 0 bridgehead atoms. The van der Waals surface area contributed by atoms with E-state index in [1.165, 1.54) is 0 Å². The van der Waals surface area contributed by atoms with Gasteiger partial charge in [-0.1, -0.05) is 0 Å². The molecule has 0 aromatic rings. The first-order valence-electron chi connectivity index (χ1n) is 6.14. The number of carbonyl (C=O) groups is 3. The third-order valence-electron chi connectivity index (χ3n) is 2.47. The Bertz CT molecular complexity index is 352. The maximum absolute atomic E-state index is 10.0. The van der Waals surface area contributed by atoms with Crippen molar-refractivity contribution in [1.82, 2.24) is 0 Å². The molecule has 0 saturated heterocycles. The van der Waals surface area contributed by atoms with Gasteiger partial charge in [0.15, 0.2) is 0 Å². The summed E-state index contributed by atoms with van der Waals surface area (Å²) in [5, 5.41) is 51.4. The summed E-state index contributed by atoms with van der Waals surface area (Å²) in [4.78, 5) is 29.9. The van der Waals surface area contributed by atoms with E-state index in [2.05, 4.69) is 0 Å². The first-order chi connectivity index (χ1) is 10.1. The summed E-state index contributed by atoms with van der Waals surface area (Å²) in [5.41, 5.74) is 10.0. The lowest BCUT2D eigenvalue weighted by atomic mass is 10.0. The second-order valence-corrected chi connectivity index (χ2v) is 4.32. The van der Waals surface area contributed by atoms with Crippen LogP contribution in [0, 0.1) is 0 Å². The van der Waals surface area contributed by atoms with Gasteiger partial charge >= 0.3 is 11.9 Å². The quantitative estimate of drug-likeness (QED) is 0.190. The van der Waals surface area contributed by atoms with Crippen molar-refractivity contribution in [2.75, 3.05) is 6.61 Å². The second-order valence-electron chi connectivity index (χ2n) is 4.32. The standard InChI is InChI=1S/C6H13NO5.C5H9NO4/c7-3(1-8)5(11)6(12)4(10)2-9;6-3(5(9)10)1-2-4(7)8/h1,3-6,9-12H,2,7H2;3H,1-2,6H2,(H,7,8)(H,9,10)/t3-,4+,5+,6+;3-/m00/s1. The molecule has 0 aromatic carbocycles. The monoisotopic (exact) mass is 326 g/mol. The highest BCUT2D eigenvalue weighted by molar-refractivity contribution is 5.74. The topological polar surface area (TPSA) is 225 Å². The van der Waals surface area contributed by atoms with Crippen molar-refractivity contribution >= 4 is 18.2 Å². The summed E-state index contributed by atoms with van der Waals surface area (Å²) in [7, 11) is 0. The van der Waals surface area contributed by atoms with Crippen LogP contribution in [0.15, 0.2) is 0 Å². The van der Waals surface area contributed by atoms with Gasteiger partial charge in [0.1, 0.15) is 30.6 Å². The maximum atomic E-state index is 10.0. The molecule has 0 heterocycles. The van der Waals surface area contributed by atoms with Gasteiger partial charge in [0.05, 0.1) is 12.6 Å². The smallest absolute Gasteiger partial charge is 0.320 e. The van der Waals surface area contributed by atoms with E-state index in [9.17, 15) is 14.4 Å². The predicted molar refractivity (Wildman–Crippen MR) is 71.6 cm³/mol. The normalized spacial score (nSPS) is 17.2. The van der Waals surface area contributed by atoms with Crippen LogP contribution in [0.25, 0.3) is 0 Å². The highest BCUT2D eigenvalue weighted by Crippen LogP contribution is 2.01. The van der Waals surface area contributed by atoms with Crippen LogP contribution in [-0.2, 0) is 14.4 Å². The van der Waals surface area contributed by atoms with Crippen LogP contribution in [0.1, 0.15) is 12.8 Å². The van der Waals surface area contributed by atoms with E-state index >= 15 is 0 Å². The molecule has 0 amide bonds. The summed E-state index contributed by atoms with van der Waals surface area (Å²) in [6.07, 6.45) is -4.65. The van der Waals surface area contributed by atoms with Gasteiger partial charge in [-0.3, -0.25) is 9.59 Å². The molecule has 11 heteroatoms. The number of aldehydes is 1. The Morgan fingerprint density at radius 1 is 1.05 bits per heavy atom. The van der Waals surface area contributed by atoms with Gasteiger partial charge in [0, 0.05) is 6.42 Å². The van der Waals surface area contributed by atoms with E-state index in [1.54, 1.807) is 0 Å². The van der Waals surface area contributed by atoms with Crippen LogP contribution >= 0.6 is 0 Å². The fourth-order valence-corrected chi connectivity index (χ4v) is 1.05. The zero-order valence-electron chi connectivity index (χ0n) is 11.6. The minimum Gasteiger partial charge on any atom is -0.481 e. The van der Waals surface area contributed by atoms with Gasteiger partial charge in [-0.15, -0.1) is 0 Å². The molecule has 11 nitrogen and oxygen atoms in total. The van der Waals surface area contributed by atoms with Crippen molar-refractivity contribution in [2.24, 2.45) is 11.5 Å². The number of hydrogen-bond donors (Lipinski definition) is 8. The molecule has 0 aliphatic carbocycles. The van der Waals surface area contributed by atoms with Crippen molar-refractivity contribution < 1.29 is 45.0 Å². The molecule has 130 valence electrons. The zero-order chi connectivity index (χ0) is 17.9. The summed E-state index contributed by atoms with van der Waals surface area (Å²) in [6, 6.07) is -2.32. The summed E-state index contributed by atoms with van der Waals surface area (Å²) >= 11 is 0. The molecule has 0 fully saturated rings. The zero-order valence-corrected chi connectivity index (χ0v) is 11.6. The number of aliphatic carboxylic acids is 2. The Morgan fingerprint density at radius 2 is 1.55 bits per heavy atom. The van der Waals surface area contributed by atoms with Gasteiger partial charge < -0.3 is 46.9 Å². The average Bonchev–Trinajstić information content (AvgIpc) is 2.49. The molecular formula is C11H22N2O9. The van der Waals surface area contributed by atoms with E-state index in [0.29, 0.717) is 0 Å². The van der Waals surface area contributed by atoms with Crippen LogP contribution in [0.5, 0.6) is 0 Å². The van der Waals surface area contributed by atoms with Crippen LogP contribution in [0.2, 0.25) is 0 Å². The SMILES string of the molecule is N[C@@H](C=O)[C@@H](O)[C@H](O)[C@H](O)CO.N[C@@H](CCC(=O)O)C(=O)O. The van der Waals surface area contributed by atoms with Crippen molar-refractivity contribution in [3.8, 4) is 0 Å². The van der Waals surface area contributed by atoms with Gasteiger partial charge in [-0.05, 0) is 6.42 Å². The number of nitrogens with two attached hydrogens (primary N) is 2. The van der Waals surface area contributed by atoms with Crippen molar-refractivity contribution in [1.29, 1.82) is 0 Å². The van der Waals surface area contributed by atoms with Crippen LogP contribution in [0.4, 0.5) is 0 Å². The lowest BCUT2D eigenvalue weighted by Crippen LogP contribution is -2.49. The summed E-state index contributed by atoms with van der Waals surface area (Å²) in [5.74, 6) is -2.20. The van der Waals surface area contributed by atoms with E-state index in [4.69, 9.17) is 42.1 Å². The Kier molecular flexibility index (Phi) is 12.3. The third-order valence-corrected chi connectivity index (χ3v) is 2.47. The van der Waals surface area contributed by atoms with E-state index in [-0.39, 0.29) is 19.1 Å². The molecule has 5 atom stereocenters. The Labute approximate surface area is 125 Å². The molecule has 22 heavy (non-hydrogen) atoms. The number of carboxylic acids is 2. The van der Waals surface area contributed by atoms with Gasteiger partial charge in [-0.2, -0.15) is 0 Å². The molecule has 0 aliphatic rings. The molecule has 0 radical (unpaired) electrons. The Morgan fingerprint density at radius 3 is 1.86 bits per heavy atom. The minimum absolute atomic E-state index is 0.0231. The highest BCUT2D eigenvalue weighted by atomic mass is 16.4. The van der Waals surface area contributed by atoms with Crippen molar-refractivity contribution in [2.45, 2.75) is 43.2 Å². The molecule has 0 unspecified atom stereocenters. The molecule has 0 aromatic heterocycles. The van der Waals surface area contributed by atoms with Crippen LogP contribution < -0.4 is 11.5 Å². The largest absolute Gasteiger partial charge is 0.481 e. The van der Waals surface area contributed by atoms with E-state index in [1.807, 2.05) is 0 Å². The average molecular weight is 326 g/mol. The van der Waals surface area contributed by atoms with Crippen LogP contribution in [-0.4, -0.2) is 85.9 Å². The fraction of sp³-hybridized carbons (Fsp3) is 0.727. The molecule has 10 N–H and O–H groups in total. The molecule has 0 aliphatic heterocycles. The lowest BCUT2D eigenvalue weighted by molar-refractivity contribution is -0.139. The number of rotatable bonds is 9. The molecule has 0 rings (SSSR count). The van der Waals surface area contributed by atoms with Gasteiger partial charge in [-0.25, -0.2) is 0 Å². The summed E-state index contributed by atoms with van der Waals surface area (Å²) in [6.45, 7) is -0.705. The summed E-state index contributed by atoms with van der Waals surface area (Å²) < 4.78 is 0. The fourth-order valence-electron chi connectivity index (χ4n) is 1.05. The van der Waals surface area contributed by atoms with Crippen LogP contribution in [0.3, 0.4) is 0 Å². The molecular weight excluding hydrogens is 304 g/mol. The first-order valence-corrected chi connectivity index (χ1v) is 6.14. The number of carbonyl (C=O) groups excluding carboxylic acids is 1. The van der Waals surface area contributed by atoms with E-state index < -0.39 is 48.9 Å². The number of aliphatic hydroxyl groups excluding tert-OH is 4. The third kappa shape index (κ3) is 10.1.